The second-order valence-electron chi connectivity index (χ2n) is 7.12. The minimum Gasteiger partial charge on any atom is -0.394 e. The third-order valence-corrected chi connectivity index (χ3v) is 5.21. The van der Waals surface area contributed by atoms with Crippen molar-refractivity contribution in [2.45, 2.75) is 38.2 Å². The number of benzene rings is 1. The SMILES string of the molecule is Cc1cc2c(cc1C)N(C)C1C(=O)NC(=O)N=C1N2CC(O)C(O)C(O)CO. The first-order chi connectivity index (χ1) is 13.1. The van der Waals surface area contributed by atoms with Gasteiger partial charge in [-0.1, -0.05) is 0 Å². The molecule has 0 saturated carbocycles. The second kappa shape index (κ2) is 7.47. The van der Waals surface area contributed by atoms with Gasteiger partial charge in [0.2, 0.25) is 0 Å². The highest BCUT2D eigenvalue weighted by Gasteiger charge is 2.44. The maximum atomic E-state index is 12.5. The lowest BCUT2D eigenvalue weighted by atomic mass is 9.98. The van der Waals surface area contributed by atoms with E-state index in [0.29, 0.717) is 11.4 Å². The normalized spacial score (nSPS) is 22.1. The molecule has 0 spiro atoms. The van der Waals surface area contributed by atoms with Crippen LogP contribution in [0, 0.1) is 13.8 Å². The third-order valence-electron chi connectivity index (χ3n) is 5.21. The minimum atomic E-state index is -1.62. The van der Waals surface area contributed by atoms with Gasteiger partial charge in [-0.3, -0.25) is 10.1 Å². The van der Waals surface area contributed by atoms with Crippen molar-refractivity contribution in [1.29, 1.82) is 0 Å². The van der Waals surface area contributed by atoms with E-state index in [-0.39, 0.29) is 12.4 Å². The first-order valence-electron chi connectivity index (χ1n) is 8.85. The molecule has 3 rings (SSSR count). The Hall–Kier alpha value is -2.53. The van der Waals surface area contributed by atoms with Gasteiger partial charge in [0.25, 0.3) is 5.91 Å². The van der Waals surface area contributed by atoms with Crippen molar-refractivity contribution in [3.8, 4) is 0 Å². The summed E-state index contributed by atoms with van der Waals surface area (Å²) >= 11 is 0. The number of urea groups is 1. The monoisotopic (exact) mass is 392 g/mol. The van der Waals surface area contributed by atoms with Crippen molar-refractivity contribution < 1.29 is 30.0 Å². The molecule has 0 fully saturated rings. The average molecular weight is 392 g/mol. The summed E-state index contributed by atoms with van der Waals surface area (Å²) in [6.07, 6.45) is -4.62. The molecule has 1 aromatic carbocycles. The molecule has 0 bridgehead atoms. The number of likely N-dealkylation sites (N-methyl/N-ethyl adjacent to an activating group) is 1. The largest absolute Gasteiger partial charge is 0.394 e. The van der Waals surface area contributed by atoms with Crippen molar-refractivity contribution in [1.82, 2.24) is 5.32 Å². The van der Waals surface area contributed by atoms with Crippen molar-refractivity contribution in [3.05, 3.63) is 23.3 Å². The highest BCUT2D eigenvalue weighted by Crippen LogP contribution is 2.38. The Morgan fingerprint density at radius 2 is 1.71 bits per heavy atom. The molecular weight excluding hydrogens is 368 g/mol. The number of hydrogen-bond donors (Lipinski definition) is 5. The van der Waals surface area contributed by atoms with Gasteiger partial charge in [-0.15, -0.1) is 0 Å². The van der Waals surface area contributed by atoms with Crippen molar-refractivity contribution >= 4 is 29.1 Å². The number of nitrogens with zero attached hydrogens (tertiary/aromatic N) is 3. The Balaban J connectivity index is 2.09. The Kier molecular flexibility index (Phi) is 5.39. The van der Waals surface area contributed by atoms with Crippen LogP contribution in [0.25, 0.3) is 0 Å². The molecule has 4 atom stereocenters. The van der Waals surface area contributed by atoms with E-state index in [0.717, 1.165) is 11.1 Å². The van der Waals surface area contributed by atoms with Crippen LogP contribution in [0.1, 0.15) is 11.1 Å². The van der Waals surface area contributed by atoms with Crippen LogP contribution in [0.2, 0.25) is 0 Å². The zero-order chi connectivity index (χ0) is 20.7. The number of aryl methyl sites for hydroxylation is 2. The molecule has 5 N–H and O–H groups in total. The molecule has 2 aliphatic heterocycles. The van der Waals surface area contributed by atoms with Gasteiger partial charge in [0.1, 0.15) is 24.1 Å². The summed E-state index contributed by atoms with van der Waals surface area (Å²) in [6.45, 7) is 2.87. The molecule has 10 nitrogen and oxygen atoms in total. The summed E-state index contributed by atoms with van der Waals surface area (Å²) in [6, 6.07) is 2.04. The summed E-state index contributed by atoms with van der Waals surface area (Å²) in [5.74, 6) is -0.423. The number of amidine groups is 1. The van der Waals surface area contributed by atoms with Gasteiger partial charge in [0.05, 0.1) is 24.5 Å². The second-order valence-corrected chi connectivity index (χ2v) is 7.12. The number of aliphatic hydroxyl groups is 4. The Morgan fingerprint density at radius 1 is 1.11 bits per heavy atom. The van der Waals surface area contributed by atoms with Gasteiger partial charge in [0, 0.05) is 7.05 Å². The Bertz CT molecular complexity index is 842. The van der Waals surface area contributed by atoms with Crippen LogP contribution in [0.5, 0.6) is 0 Å². The molecule has 4 unspecified atom stereocenters. The first kappa shape index (κ1) is 20.2. The quantitative estimate of drug-likeness (QED) is 0.414. The number of aliphatic imine (C=N–C) groups is 1. The molecule has 10 heteroatoms. The van der Waals surface area contributed by atoms with Crippen LogP contribution >= 0.6 is 0 Å². The number of imide groups is 1. The van der Waals surface area contributed by atoms with Gasteiger partial charge >= 0.3 is 6.03 Å². The molecule has 0 radical (unpaired) electrons. The third kappa shape index (κ3) is 3.35. The first-order valence-corrected chi connectivity index (χ1v) is 8.85. The minimum absolute atomic E-state index is 0.122. The van der Waals surface area contributed by atoms with Crippen LogP contribution in [0.15, 0.2) is 17.1 Å². The Labute approximate surface area is 161 Å². The fraction of sp³-hybridized carbons (Fsp3) is 0.500. The van der Waals surface area contributed by atoms with E-state index < -0.39 is 42.9 Å². The molecule has 2 heterocycles. The number of amides is 3. The van der Waals surface area contributed by atoms with E-state index in [4.69, 9.17) is 5.11 Å². The maximum Gasteiger partial charge on any atom is 0.349 e. The molecule has 0 saturated heterocycles. The summed E-state index contributed by atoms with van der Waals surface area (Å²) < 4.78 is 0. The molecule has 28 heavy (non-hydrogen) atoms. The average Bonchev–Trinajstić information content (AvgIpc) is 2.64. The molecule has 152 valence electrons. The fourth-order valence-corrected chi connectivity index (χ4v) is 3.44. The van der Waals surface area contributed by atoms with E-state index in [1.54, 1.807) is 11.9 Å². The van der Waals surface area contributed by atoms with Crippen molar-refractivity contribution in [2.75, 3.05) is 30.0 Å². The molecule has 1 aromatic rings. The highest BCUT2D eigenvalue weighted by atomic mass is 16.4. The summed E-state index contributed by atoms with van der Waals surface area (Å²) in [7, 11) is 1.71. The lowest BCUT2D eigenvalue weighted by molar-refractivity contribution is -0.120. The van der Waals surface area contributed by atoms with Crippen molar-refractivity contribution in [2.24, 2.45) is 4.99 Å². The standard InChI is InChI=1S/C18H24N4O6/c1-8-4-10-11(5-9(8)2)22(6-12(24)15(26)13(25)7-23)16-14(21(10)3)17(27)20-18(28)19-16/h4-5,12-15,23-26H,6-7H2,1-3H3,(H,20,27,28). The lowest BCUT2D eigenvalue weighted by Crippen LogP contribution is -2.63. The predicted octanol–water partition coefficient (Wildman–Crippen LogP) is -1.35. The lowest BCUT2D eigenvalue weighted by Gasteiger charge is -2.45. The van der Waals surface area contributed by atoms with Crippen LogP contribution in [0.4, 0.5) is 16.2 Å². The Morgan fingerprint density at radius 3 is 2.32 bits per heavy atom. The van der Waals surface area contributed by atoms with E-state index in [2.05, 4.69) is 10.3 Å². The van der Waals surface area contributed by atoms with Crippen molar-refractivity contribution in [3.63, 3.8) is 0 Å². The summed E-state index contributed by atoms with van der Waals surface area (Å²) in [5.41, 5.74) is 3.25. The number of fused-ring (bicyclic) bond motifs is 2. The fourth-order valence-electron chi connectivity index (χ4n) is 3.44. The van der Waals surface area contributed by atoms with Gasteiger partial charge < -0.3 is 30.2 Å². The van der Waals surface area contributed by atoms with E-state index >= 15 is 0 Å². The van der Waals surface area contributed by atoms with E-state index in [9.17, 15) is 24.9 Å². The maximum absolute atomic E-state index is 12.5. The molecule has 2 aliphatic rings. The topological polar surface area (TPSA) is 146 Å². The van der Waals surface area contributed by atoms with E-state index in [1.807, 2.05) is 26.0 Å². The number of nitrogens with one attached hydrogen (secondary N) is 1. The molecule has 0 aliphatic carbocycles. The van der Waals surface area contributed by atoms with Gasteiger partial charge in [-0.05, 0) is 37.1 Å². The summed E-state index contributed by atoms with van der Waals surface area (Å²) in [4.78, 5) is 31.4. The number of anilines is 2. The van der Waals surface area contributed by atoms with Crippen LogP contribution < -0.4 is 15.1 Å². The van der Waals surface area contributed by atoms with Gasteiger partial charge in [-0.2, -0.15) is 4.99 Å². The number of hydrogen-bond acceptors (Lipinski definition) is 8. The summed E-state index contributed by atoms with van der Waals surface area (Å²) in [5, 5.41) is 41.2. The predicted molar refractivity (Wildman–Crippen MR) is 102 cm³/mol. The van der Waals surface area contributed by atoms with Crippen LogP contribution in [-0.2, 0) is 4.79 Å². The number of carbonyl (C=O) groups is 2. The number of β-amino-alcohol motifs (C(OH)–C–C–N with tert-alkyl or cyclic N) is 1. The zero-order valence-corrected chi connectivity index (χ0v) is 15.8. The highest BCUT2D eigenvalue weighted by molar-refractivity contribution is 6.27. The number of rotatable bonds is 5. The zero-order valence-electron chi connectivity index (χ0n) is 15.8. The molecule has 3 amide bonds. The molecular formula is C18H24N4O6. The number of carbonyl (C=O) groups excluding carboxylic acids is 2. The molecule has 0 aromatic heterocycles. The van der Waals surface area contributed by atoms with Gasteiger partial charge in [0.15, 0.2) is 6.04 Å². The van der Waals surface area contributed by atoms with E-state index in [1.165, 1.54) is 4.90 Å². The number of aliphatic hydroxyl groups excluding tert-OH is 4. The van der Waals surface area contributed by atoms with Crippen LogP contribution in [-0.4, -0.2) is 82.8 Å². The smallest absolute Gasteiger partial charge is 0.349 e. The van der Waals surface area contributed by atoms with Crippen LogP contribution in [0.3, 0.4) is 0 Å². The van der Waals surface area contributed by atoms with Gasteiger partial charge in [-0.25, -0.2) is 4.79 Å².